The average Bonchev–Trinajstić information content (AvgIpc) is 3.15. The van der Waals surface area contributed by atoms with Gasteiger partial charge >= 0.3 is 0 Å². The molecule has 3 heterocycles. The molecule has 3 aromatic rings. The second-order valence-corrected chi connectivity index (χ2v) is 5.58. The Bertz CT molecular complexity index is 796. The van der Waals surface area contributed by atoms with Crippen molar-refractivity contribution in [3.8, 4) is 0 Å². The SMILES string of the molecule is Cc1cc(C(O)Nc2ccn(Cc3c(C)noc3C)n2)n(C)n1. The quantitative estimate of drug-likeness (QED) is 0.696. The van der Waals surface area contributed by atoms with Gasteiger partial charge in [0.15, 0.2) is 6.23 Å². The van der Waals surface area contributed by atoms with E-state index in [2.05, 4.69) is 20.7 Å². The fraction of sp³-hybridized carbons (Fsp3) is 0.400. The van der Waals surface area contributed by atoms with Gasteiger partial charge in [-0.1, -0.05) is 5.16 Å². The van der Waals surface area contributed by atoms with E-state index >= 15 is 0 Å². The number of hydrogen-bond donors (Lipinski definition) is 2. The minimum atomic E-state index is -0.872. The first-order valence-corrected chi connectivity index (χ1v) is 7.34. The Balaban J connectivity index is 1.71. The molecule has 0 aliphatic carbocycles. The van der Waals surface area contributed by atoms with Gasteiger partial charge in [-0.15, -0.1) is 0 Å². The van der Waals surface area contributed by atoms with Crippen LogP contribution in [0.2, 0.25) is 0 Å². The van der Waals surface area contributed by atoms with Crippen LogP contribution >= 0.6 is 0 Å². The summed E-state index contributed by atoms with van der Waals surface area (Å²) in [5.74, 6) is 1.38. The Morgan fingerprint density at radius 2 is 2.09 bits per heavy atom. The summed E-state index contributed by atoms with van der Waals surface area (Å²) in [6, 6.07) is 3.64. The van der Waals surface area contributed by atoms with E-state index in [0.29, 0.717) is 18.1 Å². The normalized spacial score (nSPS) is 12.6. The number of nitrogens with zero attached hydrogens (tertiary/aromatic N) is 5. The second-order valence-electron chi connectivity index (χ2n) is 5.58. The van der Waals surface area contributed by atoms with Gasteiger partial charge in [0.2, 0.25) is 0 Å². The molecule has 0 fully saturated rings. The Kier molecular flexibility index (Phi) is 3.91. The van der Waals surface area contributed by atoms with Crippen LogP contribution in [0.25, 0.3) is 0 Å². The minimum Gasteiger partial charge on any atom is -0.368 e. The molecule has 0 amide bonds. The van der Waals surface area contributed by atoms with E-state index in [4.69, 9.17) is 4.52 Å². The van der Waals surface area contributed by atoms with E-state index in [1.165, 1.54) is 0 Å². The van der Waals surface area contributed by atoms with Crippen LogP contribution < -0.4 is 5.32 Å². The second kappa shape index (κ2) is 5.88. The molecular formula is C15H20N6O2. The average molecular weight is 316 g/mol. The maximum absolute atomic E-state index is 10.3. The third-order valence-electron chi connectivity index (χ3n) is 3.74. The molecule has 0 bridgehead atoms. The largest absolute Gasteiger partial charge is 0.368 e. The van der Waals surface area contributed by atoms with Crippen molar-refractivity contribution >= 4 is 5.82 Å². The van der Waals surface area contributed by atoms with Gasteiger partial charge in [-0.2, -0.15) is 10.2 Å². The lowest BCUT2D eigenvalue weighted by Gasteiger charge is -2.12. The summed E-state index contributed by atoms with van der Waals surface area (Å²) in [6.07, 6.45) is 0.971. The lowest BCUT2D eigenvalue weighted by atomic mass is 10.2. The zero-order chi connectivity index (χ0) is 16.6. The van der Waals surface area contributed by atoms with E-state index in [-0.39, 0.29) is 0 Å². The summed E-state index contributed by atoms with van der Waals surface area (Å²) >= 11 is 0. The smallest absolute Gasteiger partial charge is 0.168 e. The highest BCUT2D eigenvalue weighted by molar-refractivity contribution is 5.35. The summed E-state index contributed by atoms with van der Waals surface area (Å²) in [4.78, 5) is 0. The number of aryl methyl sites for hydroxylation is 4. The topological polar surface area (TPSA) is 93.9 Å². The molecule has 0 saturated heterocycles. The van der Waals surface area contributed by atoms with Gasteiger partial charge in [-0.25, -0.2) is 0 Å². The summed E-state index contributed by atoms with van der Waals surface area (Å²) in [6.45, 7) is 6.24. The maximum Gasteiger partial charge on any atom is 0.168 e. The highest BCUT2D eigenvalue weighted by Gasteiger charge is 2.15. The number of hydrogen-bond acceptors (Lipinski definition) is 6. The molecule has 1 atom stereocenters. The highest BCUT2D eigenvalue weighted by Crippen LogP contribution is 2.18. The highest BCUT2D eigenvalue weighted by atomic mass is 16.5. The van der Waals surface area contributed by atoms with Gasteiger partial charge in [-0.05, 0) is 26.8 Å². The molecule has 0 aliphatic heterocycles. The summed E-state index contributed by atoms with van der Waals surface area (Å²) in [5.41, 5.74) is 3.41. The molecule has 0 radical (unpaired) electrons. The first-order valence-electron chi connectivity index (χ1n) is 7.34. The summed E-state index contributed by atoms with van der Waals surface area (Å²) in [5, 5.41) is 25.8. The van der Waals surface area contributed by atoms with Crippen LogP contribution in [0.5, 0.6) is 0 Å². The standard InChI is InChI=1S/C15H20N6O2/c1-9-7-13(20(4)17-9)15(22)16-14-5-6-21(18-14)8-12-10(2)19-23-11(12)3/h5-7,15,22H,8H2,1-4H3,(H,16,18). The summed E-state index contributed by atoms with van der Waals surface area (Å²) < 4.78 is 8.58. The number of aliphatic hydroxyl groups excluding tert-OH is 1. The van der Waals surface area contributed by atoms with Crippen molar-refractivity contribution < 1.29 is 9.63 Å². The molecule has 3 aromatic heterocycles. The van der Waals surface area contributed by atoms with Crippen molar-refractivity contribution in [3.05, 3.63) is 46.7 Å². The third kappa shape index (κ3) is 3.11. The van der Waals surface area contributed by atoms with Crippen molar-refractivity contribution in [2.24, 2.45) is 7.05 Å². The van der Waals surface area contributed by atoms with Crippen molar-refractivity contribution in [1.82, 2.24) is 24.7 Å². The van der Waals surface area contributed by atoms with Gasteiger partial charge in [0.1, 0.15) is 11.6 Å². The van der Waals surface area contributed by atoms with Crippen LogP contribution in [-0.2, 0) is 13.6 Å². The number of nitrogens with one attached hydrogen (secondary N) is 1. The Morgan fingerprint density at radius 3 is 2.70 bits per heavy atom. The van der Waals surface area contributed by atoms with E-state index in [1.807, 2.05) is 39.1 Å². The number of aliphatic hydroxyl groups is 1. The Labute approximate surface area is 133 Å². The molecule has 2 N–H and O–H groups in total. The van der Waals surface area contributed by atoms with Crippen LogP contribution in [0, 0.1) is 20.8 Å². The van der Waals surface area contributed by atoms with Gasteiger partial charge < -0.3 is 14.9 Å². The molecule has 3 rings (SSSR count). The first kappa shape index (κ1) is 15.3. The van der Waals surface area contributed by atoms with Gasteiger partial charge in [0.25, 0.3) is 0 Å². The van der Waals surface area contributed by atoms with Crippen molar-refractivity contribution in [1.29, 1.82) is 0 Å². The predicted molar refractivity (Wildman–Crippen MR) is 83.8 cm³/mol. The molecule has 8 heteroatoms. The lowest BCUT2D eigenvalue weighted by Crippen LogP contribution is -2.14. The lowest BCUT2D eigenvalue weighted by molar-refractivity contribution is 0.197. The van der Waals surface area contributed by atoms with E-state index in [0.717, 1.165) is 22.7 Å². The monoisotopic (exact) mass is 316 g/mol. The number of anilines is 1. The van der Waals surface area contributed by atoms with Crippen molar-refractivity contribution in [2.45, 2.75) is 33.5 Å². The molecule has 0 aliphatic rings. The maximum atomic E-state index is 10.3. The van der Waals surface area contributed by atoms with E-state index in [1.54, 1.807) is 16.4 Å². The summed E-state index contributed by atoms with van der Waals surface area (Å²) in [7, 11) is 1.79. The first-order chi connectivity index (χ1) is 10.9. The zero-order valence-electron chi connectivity index (χ0n) is 13.6. The van der Waals surface area contributed by atoms with Crippen LogP contribution in [0.3, 0.4) is 0 Å². The Hall–Kier alpha value is -2.61. The van der Waals surface area contributed by atoms with Gasteiger partial charge in [0, 0.05) is 24.9 Å². The van der Waals surface area contributed by atoms with Crippen LogP contribution in [0.1, 0.15) is 34.6 Å². The molecular weight excluding hydrogens is 296 g/mol. The number of rotatable bonds is 5. The number of aromatic nitrogens is 5. The van der Waals surface area contributed by atoms with Crippen LogP contribution in [0.4, 0.5) is 5.82 Å². The van der Waals surface area contributed by atoms with Crippen LogP contribution in [0.15, 0.2) is 22.9 Å². The van der Waals surface area contributed by atoms with Crippen molar-refractivity contribution in [2.75, 3.05) is 5.32 Å². The van der Waals surface area contributed by atoms with Crippen molar-refractivity contribution in [3.63, 3.8) is 0 Å². The fourth-order valence-corrected chi connectivity index (χ4v) is 2.52. The van der Waals surface area contributed by atoms with E-state index in [9.17, 15) is 5.11 Å². The molecule has 0 spiro atoms. The predicted octanol–water partition coefficient (Wildman–Crippen LogP) is 1.68. The molecule has 122 valence electrons. The molecule has 0 saturated carbocycles. The van der Waals surface area contributed by atoms with Gasteiger partial charge in [0.05, 0.1) is 23.6 Å². The minimum absolute atomic E-state index is 0.573. The molecule has 8 nitrogen and oxygen atoms in total. The fourth-order valence-electron chi connectivity index (χ4n) is 2.52. The van der Waals surface area contributed by atoms with Gasteiger partial charge in [-0.3, -0.25) is 9.36 Å². The van der Waals surface area contributed by atoms with E-state index < -0.39 is 6.23 Å². The zero-order valence-corrected chi connectivity index (χ0v) is 13.6. The molecule has 23 heavy (non-hydrogen) atoms. The molecule has 0 aromatic carbocycles. The molecule has 1 unspecified atom stereocenters. The van der Waals surface area contributed by atoms with Crippen LogP contribution in [-0.4, -0.2) is 29.8 Å². The Morgan fingerprint density at radius 1 is 1.30 bits per heavy atom. The third-order valence-corrected chi connectivity index (χ3v) is 3.74.